The number of ketones is 1. The first-order valence-corrected chi connectivity index (χ1v) is 23.8. The predicted molar refractivity (Wildman–Crippen MR) is 256 cm³/mol. The van der Waals surface area contributed by atoms with Gasteiger partial charge in [-0.15, -0.1) is 0 Å². The maximum Gasteiger partial charge on any atom is 0.333 e. The summed E-state index contributed by atoms with van der Waals surface area (Å²) >= 11 is 0. The van der Waals surface area contributed by atoms with Crippen LogP contribution in [0.4, 0.5) is 0 Å². The van der Waals surface area contributed by atoms with Crippen LogP contribution < -0.4 is 26.0 Å². The predicted octanol–water partition coefficient (Wildman–Crippen LogP) is 5.66. The first-order valence-electron chi connectivity index (χ1n) is 23.8. The second kappa shape index (κ2) is 35.9. The third-order valence-corrected chi connectivity index (χ3v) is 9.40. The molecule has 3 atom stereocenters. The lowest BCUT2D eigenvalue weighted by molar-refractivity contribution is -0.158. The molecule has 2 aromatic rings. The van der Waals surface area contributed by atoms with Gasteiger partial charge in [-0.2, -0.15) is 0 Å². The van der Waals surface area contributed by atoms with Crippen molar-refractivity contribution in [3.05, 3.63) is 65.7 Å². The number of nitrogens with zero attached hydrogens (tertiary/aromatic N) is 1. The molecule has 1 saturated heterocycles. The summed E-state index contributed by atoms with van der Waals surface area (Å²) in [5.41, 5.74) is 0.285. The highest BCUT2D eigenvalue weighted by molar-refractivity contribution is 6.37. The minimum absolute atomic E-state index is 0.0270. The van der Waals surface area contributed by atoms with Crippen molar-refractivity contribution in [1.82, 2.24) is 26.2 Å². The zero-order chi connectivity index (χ0) is 49.9. The highest BCUT2D eigenvalue weighted by atomic mass is 16.6. The van der Waals surface area contributed by atoms with Gasteiger partial charge in [0.15, 0.2) is 6.04 Å². The molecule has 0 bridgehead atoms. The average molecular weight is 928 g/mol. The minimum Gasteiger partial charge on any atom is -0.494 e. The number of carbonyl (C=O) groups is 7. The third-order valence-electron chi connectivity index (χ3n) is 9.40. The van der Waals surface area contributed by atoms with E-state index in [1.165, 1.54) is 49.8 Å². The third kappa shape index (κ3) is 26.6. The van der Waals surface area contributed by atoms with Crippen molar-refractivity contribution in [1.29, 1.82) is 0 Å². The summed E-state index contributed by atoms with van der Waals surface area (Å²) in [5, 5.41) is 27.9. The van der Waals surface area contributed by atoms with Crippen LogP contribution >= 0.6 is 0 Å². The molecule has 2 aliphatic rings. The van der Waals surface area contributed by atoms with Crippen molar-refractivity contribution in [2.24, 2.45) is 0 Å². The number of esters is 1. The topological polar surface area (TPSA) is 230 Å². The van der Waals surface area contributed by atoms with Gasteiger partial charge in [-0.1, -0.05) is 129 Å². The van der Waals surface area contributed by atoms with Crippen molar-refractivity contribution >= 4 is 41.3 Å². The number of hydrogen-bond donors (Lipinski definition) is 6. The van der Waals surface area contributed by atoms with Gasteiger partial charge >= 0.3 is 5.97 Å². The normalized spacial score (nSPS) is 14.7. The maximum atomic E-state index is 12.9. The van der Waals surface area contributed by atoms with Gasteiger partial charge in [0.2, 0.25) is 29.4 Å². The van der Waals surface area contributed by atoms with Crippen molar-refractivity contribution in [2.75, 3.05) is 39.4 Å². The number of aliphatic hydroxyl groups is 2. The van der Waals surface area contributed by atoms with E-state index in [0.29, 0.717) is 49.2 Å². The maximum absolute atomic E-state index is 12.9. The van der Waals surface area contributed by atoms with Crippen LogP contribution in [0.15, 0.2) is 54.6 Å². The molecule has 66 heavy (non-hydrogen) atoms. The smallest absolute Gasteiger partial charge is 0.333 e. The molecule has 1 heterocycles. The van der Waals surface area contributed by atoms with Crippen LogP contribution in [-0.2, 0) is 44.7 Å². The Labute approximate surface area is 393 Å². The molecule has 372 valence electrons. The van der Waals surface area contributed by atoms with E-state index < -0.39 is 78.2 Å². The Morgan fingerprint density at radius 3 is 1.95 bits per heavy atom. The van der Waals surface area contributed by atoms with E-state index in [1.807, 2.05) is 27.7 Å². The van der Waals surface area contributed by atoms with E-state index in [0.717, 1.165) is 0 Å². The number of Topliss-reactive ketones (excluding diaryl/α,β-unsaturated/α-hetero) is 1. The van der Waals surface area contributed by atoms with Crippen LogP contribution in [0.3, 0.4) is 0 Å². The second-order valence-electron chi connectivity index (χ2n) is 16.3. The minimum atomic E-state index is -1.16. The number of nitrogens with one attached hydrogen (secondary N) is 4. The van der Waals surface area contributed by atoms with E-state index in [1.54, 1.807) is 75.4 Å². The van der Waals surface area contributed by atoms with Gasteiger partial charge in [0.1, 0.15) is 17.4 Å². The van der Waals surface area contributed by atoms with Gasteiger partial charge in [0.05, 0.1) is 45.4 Å². The van der Waals surface area contributed by atoms with Gasteiger partial charge in [-0.05, 0) is 69.7 Å². The molecule has 6 N–H and O–H groups in total. The number of ether oxygens (including phenoxy) is 2. The van der Waals surface area contributed by atoms with Crippen LogP contribution in [0.1, 0.15) is 150 Å². The van der Waals surface area contributed by atoms with Gasteiger partial charge < -0.3 is 45.9 Å². The summed E-state index contributed by atoms with van der Waals surface area (Å²) < 4.78 is 11.1. The van der Waals surface area contributed by atoms with Gasteiger partial charge in [0, 0.05) is 6.54 Å². The summed E-state index contributed by atoms with van der Waals surface area (Å²) in [6.07, 6.45) is 11.2. The van der Waals surface area contributed by atoms with Crippen LogP contribution in [0, 0.1) is 0 Å². The number of likely N-dealkylation sites (tertiary alicyclic amines) is 1. The van der Waals surface area contributed by atoms with Gasteiger partial charge in [-0.3, -0.25) is 28.8 Å². The van der Waals surface area contributed by atoms with Crippen LogP contribution in [0.2, 0.25) is 0 Å². The quantitative estimate of drug-likeness (QED) is 0.0572. The van der Waals surface area contributed by atoms with Gasteiger partial charge in [-0.25, -0.2) is 4.79 Å². The van der Waals surface area contributed by atoms with E-state index >= 15 is 0 Å². The van der Waals surface area contributed by atoms with Crippen LogP contribution in [0.5, 0.6) is 5.75 Å². The molecule has 4 rings (SSSR count). The van der Waals surface area contributed by atoms with Crippen molar-refractivity contribution in [3.8, 4) is 5.75 Å². The molecule has 3 unspecified atom stereocenters. The van der Waals surface area contributed by atoms with Crippen molar-refractivity contribution < 1.29 is 53.2 Å². The number of carbonyl (C=O) groups excluding carboxylic acids is 7. The summed E-state index contributed by atoms with van der Waals surface area (Å²) in [7, 11) is 0. The lowest BCUT2D eigenvalue weighted by Crippen LogP contribution is -2.51. The number of hydrogen-bond acceptors (Lipinski definition) is 11. The summed E-state index contributed by atoms with van der Waals surface area (Å²) in [6, 6.07) is 13.2. The molecule has 16 nitrogen and oxygen atoms in total. The lowest BCUT2D eigenvalue weighted by Gasteiger charge is -2.25. The lowest BCUT2D eigenvalue weighted by atomic mass is 10.0. The van der Waals surface area contributed by atoms with E-state index in [-0.39, 0.29) is 26.1 Å². The van der Waals surface area contributed by atoms with Crippen LogP contribution in [0.25, 0.3) is 0 Å². The van der Waals surface area contributed by atoms with E-state index in [2.05, 4.69) is 35.1 Å². The molecular weight excluding hydrogens is 847 g/mol. The second-order valence-corrected chi connectivity index (χ2v) is 16.3. The Morgan fingerprint density at radius 2 is 1.38 bits per heavy atom. The van der Waals surface area contributed by atoms with Gasteiger partial charge in [0.25, 0.3) is 5.91 Å². The Balaban J connectivity index is 0.00000286. The molecule has 2 fully saturated rings. The Kier molecular flexibility index (Phi) is 32.9. The number of amides is 5. The first kappa shape index (κ1) is 60.6. The molecular formula is C50H81N5O11. The Morgan fingerprint density at radius 1 is 0.773 bits per heavy atom. The van der Waals surface area contributed by atoms with E-state index in [9.17, 15) is 38.7 Å². The molecule has 1 aliphatic heterocycles. The van der Waals surface area contributed by atoms with Crippen molar-refractivity contribution in [2.45, 2.75) is 163 Å². The van der Waals surface area contributed by atoms with Crippen molar-refractivity contribution in [3.63, 3.8) is 0 Å². The molecule has 0 radical (unpaired) electrons. The molecule has 16 heteroatoms. The molecule has 1 saturated carbocycles. The molecule has 2 aromatic carbocycles. The SMILES string of the molecule is C1CCCCC1.CC.CC.CC(C)(C)OC(=O)C(NC(=O)CNC(=O)C(=O)CNC(=O)C1CCCN1C(=O)CNC(=O)Cc1cccc(OCCCC(O)CO)c1)c1ccccc1.CCC. The zero-order valence-corrected chi connectivity index (χ0v) is 41.2. The number of rotatable bonds is 19. The zero-order valence-electron chi connectivity index (χ0n) is 41.2. The fourth-order valence-electron chi connectivity index (χ4n) is 6.39. The highest BCUT2D eigenvalue weighted by Crippen LogP contribution is 2.20. The number of benzene rings is 2. The summed E-state index contributed by atoms with van der Waals surface area (Å²) in [4.78, 5) is 90.0. The standard InChI is InChI=1S/C37H49N5O11.C6H12.C3H8.2C2H6/c1-37(2,3)53-36(51)33(25-11-5-4-6-12-25)41-31(47)21-40-35(50)29(45)20-39-34(49)28-15-8-16-42(28)32(48)22-38-30(46)19-24-10-7-14-27(18-24)52-17-9-13-26(44)23-43;1-2-4-6-5-3-1;1-3-2;2*1-2/h4-7,10-12,14,18,26,28,33,43-44H,8-9,13,15-17,19-23H2,1-3H3,(H,38,46)(H,39,49)(H,40,50)(H,41,47);1-6H2;3H2,1-2H3;2*1-2H3. The monoisotopic (exact) mass is 928 g/mol. The average Bonchev–Trinajstić information content (AvgIpc) is 3.82. The van der Waals surface area contributed by atoms with Crippen LogP contribution in [-0.4, -0.2) is 114 Å². The number of aliphatic hydroxyl groups excluding tert-OH is 2. The fraction of sp³-hybridized carbons (Fsp3) is 0.620. The fourth-order valence-corrected chi connectivity index (χ4v) is 6.39. The molecule has 1 aliphatic carbocycles. The Bertz CT molecular complexity index is 1700. The molecule has 5 amide bonds. The highest BCUT2D eigenvalue weighted by Gasteiger charge is 2.34. The summed E-state index contributed by atoms with van der Waals surface area (Å²) in [5.74, 6) is -4.66. The Hall–Kier alpha value is -5.35. The molecule has 0 spiro atoms. The summed E-state index contributed by atoms with van der Waals surface area (Å²) in [6.45, 7) is 15.9. The van der Waals surface area contributed by atoms with E-state index in [4.69, 9.17) is 14.6 Å². The first-order chi connectivity index (χ1) is 31.6. The largest absolute Gasteiger partial charge is 0.494 e. The molecule has 0 aromatic heterocycles.